The Balaban J connectivity index is 2.49. The highest BCUT2D eigenvalue weighted by Gasteiger charge is 2.72. The van der Waals surface area contributed by atoms with Crippen molar-refractivity contribution in [1.29, 1.82) is 0 Å². The molecule has 13 heteroatoms. The lowest BCUT2D eigenvalue weighted by atomic mass is 10.0. The van der Waals surface area contributed by atoms with Gasteiger partial charge in [0.25, 0.3) is 5.60 Å². The third-order valence-corrected chi connectivity index (χ3v) is 5.33. The first kappa shape index (κ1) is 21.6. The van der Waals surface area contributed by atoms with E-state index in [-0.39, 0.29) is 24.1 Å². The molecule has 0 unspecified atom stereocenters. The lowest BCUT2D eigenvalue weighted by molar-refractivity contribution is -0.375. The van der Waals surface area contributed by atoms with E-state index in [0.717, 1.165) is 16.2 Å². The third kappa shape index (κ3) is 4.09. The highest BCUT2D eigenvalue weighted by Crippen LogP contribution is 2.52. The van der Waals surface area contributed by atoms with Gasteiger partial charge >= 0.3 is 12.4 Å². The number of halogens is 6. The maximum Gasteiger partial charge on any atom is 0.431 e. The molecule has 0 radical (unpaired) electrons. The molecule has 2 aromatic rings. The molecule has 1 amide bonds. The van der Waals surface area contributed by atoms with Gasteiger partial charge in [0.05, 0.1) is 11.4 Å². The molecule has 0 bridgehead atoms. The molecule has 0 saturated heterocycles. The number of carbonyl (C=O) groups is 1. The van der Waals surface area contributed by atoms with Crippen LogP contribution in [0.3, 0.4) is 0 Å². The number of aromatic nitrogens is 2. The standard InChI is InChI=1S/C14H13F6N3O2S2/c1-7(2)10(24)23(6-9-21-3-4-26-9)11-22-5-8(27-11)12(25,13(15,16)17)14(18,19)20/h3-5,7,25H,6H2,1-2H3. The van der Waals surface area contributed by atoms with Crippen molar-refractivity contribution >= 4 is 33.7 Å². The summed E-state index contributed by atoms with van der Waals surface area (Å²) in [4.78, 5) is 19.3. The summed E-state index contributed by atoms with van der Waals surface area (Å²) in [7, 11) is 0. The molecule has 0 spiro atoms. The van der Waals surface area contributed by atoms with E-state index in [2.05, 4.69) is 9.97 Å². The smallest absolute Gasteiger partial charge is 0.369 e. The molecule has 5 nitrogen and oxygen atoms in total. The molecular weight excluding hydrogens is 420 g/mol. The van der Waals surface area contributed by atoms with E-state index in [1.54, 1.807) is 5.38 Å². The number of hydrogen-bond donors (Lipinski definition) is 1. The van der Waals surface area contributed by atoms with Crippen molar-refractivity contribution in [2.45, 2.75) is 38.3 Å². The summed E-state index contributed by atoms with van der Waals surface area (Å²) in [5.74, 6) is -1.16. The highest BCUT2D eigenvalue weighted by atomic mass is 32.1. The van der Waals surface area contributed by atoms with Gasteiger partial charge in [0.1, 0.15) is 5.01 Å². The zero-order valence-electron chi connectivity index (χ0n) is 13.8. The summed E-state index contributed by atoms with van der Waals surface area (Å²) in [6.07, 6.45) is -10.3. The Kier molecular flexibility index (Phi) is 5.88. The van der Waals surface area contributed by atoms with E-state index < -0.39 is 39.8 Å². The molecule has 0 aliphatic heterocycles. The fourth-order valence-electron chi connectivity index (χ4n) is 2.01. The number of anilines is 1. The molecule has 1 N–H and O–H groups in total. The molecule has 0 aromatic carbocycles. The van der Waals surface area contributed by atoms with Gasteiger partial charge in [-0.05, 0) is 0 Å². The van der Waals surface area contributed by atoms with Crippen molar-refractivity contribution in [3.63, 3.8) is 0 Å². The number of alkyl halides is 6. The Bertz CT molecular complexity index is 772. The molecule has 27 heavy (non-hydrogen) atoms. The molecule has 0 aliphatic rings. The van der Waals surface area contributed by atoms with Gasteiger partial charge in [-0.2, -0.15) is 26.3 Å². The van der Waals surface area contributed by atoms with Crippen LogP contribution in [-0.4, -0.2) is 33.3 Å². The predicted octanol–water partition coefficient (Wildman–Crippen LogP) is 4.10. The Labute approximate surface area is 157 Å². The van der Waals surface area contributed by atoms with Crippen LogP contribution in [0.1, 0.15) is 23.7 Å². The van der Waals surface area contributed by atoms with E-state index in [1.165, 1.54) is 20.0 Å². The SMILES string of the molecule is CC(C)C(=O)N(Cc1nccs1)c1ncc(C(O)(C(F)(F)F)C(F)(F)F)s1. The molecule has 2 heterocycles. The van der Waals surface area contributed by atoms with Gasteiger partial charge in [0.2, 0.25) is 5.91 Å². The molecule has 2 aromatic heterocycles. The van der Waals surface area contributed by atoms with Gasteiger partial charge in [-0.15, -0.1) is 11.3 Å². The summed E-state index contributed by atoms with van der Waals surface area (Å²) >= 11 is 1.11. The van der Waals surface area contributed by atoms with Crippen LogP contribution in [0, 0.1) is 5.92 Å². The topological polar surface area (TPSA) is 66.3 Å². The first-order chi connectivity index (χ1) is 12.3. The number of carbonyl (C=O) groups excluding carboxylic acids is 1. The van der Waals surface area contributed by atoms with Crippen LogP contribution in [0.2, 0.25) is 0 Å². The van der Waals surface area contributed by atoms with Gasteiger partial charge in [0.15, 0.2) is 5.13 Å². The van der Waals surface area contributed by atoms with Crippen molar-refractivity contribution < 1.29 is 36.2 Å². The van der Waals surface area contributed by atoms with Crippen LogP contribution in [0.5, 0.6) is 0 Å². The highest BCUT2D eigenvalue weighted by molar-refractivity contribution is 7.16. The van der Waals surface area contributed by atoms with Crippen molar-refractivity contribution in [1.82, 2.24) is 9.97 Å². The van der Waals surface area contributed by atoms with E-state index in [1.807, 2.05) is 0 Å². The number of rotatable bonds is 5. The zero-order valence-corrected chi connectivity index (χ0v) is 15.4. The summed E-state index contributed by atoms with van der Waals surface area (Å²) in [5, 5.41) is 11.1. The normalized spacial score (nSPS) is 13.3. The van der Waals surface area contributed by atoms with Crippen LogP contribution >= 0.6 is 22.7 Å². The van der Waals surface area contributed by atoms with Crippen LogP contribution in [-0.2, 0) is 16.9 Å². The largest absolute Gasteiger partial charge is 0.431 e. The first-order valence-electron chi connectivity index (χ1n) is 7.31. The van der Waals surface area contributed by atoms with E-state index in [4.69, 9.17) is 0 Å². The third-order valence-electron chi connectivity index (χ3n) is 3.44. The number of aliphatic hydroxyl groups is 1. The minimum absolute atomic E-state index is 0.0499. The maximum absolute atomic E-state index is 13.0. The first-order valence-corrected chi connectivity index (χ1v) is 9.00. The number of thiazole rings is 2. The minimum Gasteiger partial charge on any atom is -0.369 e. The van der Waals surface area contributed by atoms with Crippen molar-refractivity contribution in [2.24, 2.45) is 5.92 Å². The molecule has 2 rings (SSSR count). The summed E-state index contributed by atoms with van der Waals surface area (Å²) in [6, 6.07) is 0. The monoisotopic (exact) mass is 433 g/mol. The predicted molar refractivity (Wildman–Crippen MR) is 86.3 cm³/mol. The van der Waals surface area contributed by atoms with Gasteiger partial charge in [-0.25, -0.2) is 9.97 Å². The molecule has 0 aliphatic carbocycles. The van der Waals surface area contributed by atoms with Crippen molar-refractivity contribution in [2.75, 3.05) is 4.90 Å². The molecular formula is C14H13F6N3O2S2. The fourth-order valence-corrected chi connectivity index (χ4v) is 3.67. The quantitative estimate of drug-likeness (QED) is 0.721. The number of hydrogen-bond acceptors (Lipinski definition) is 6. The Hall–Kier alpha value is -1.73. The average molecular weight is 433 g/mol. The molecule has 0 fully saturated rings. The molecule has 0 saturated carbocycles. The van der Waals surface area contributed by atoms with Crippen LogP contribution in [0.25, 0.3) is 0 Å². The zero-order chi connectivity index (χ0) is 20.6. The second kappa shape index (κ2) is 7.36. The Morgan fingerprint density at radius 3 is 2.22 bits per heavy atom. The Morgan fingerprint density at radius 1 is 1.19 bits per heavy atom. The van der Waals surface area contributed by atoms with Crippen LogP contribution in [0.4, 0.5) is 31.5 Å². The summed E-state index contributed by atoms with van der Waals surface area (Å²) in [5.41, 5.74) is -5.08. The summed E-state index contributed by atoms with van der Waals surface area (Å²) in [6.45, 7) is 2.87. The van der Waals surface area contributed by atoms with Crippen LogP contribution < -0.4 is 4.90 Å². The second-order valence-corrected chi connectivity index (χ2v) is 7.71. The van der Waals surface area contributed by atoms with Gasteiger partial charge in [-0.1, -0.05) is 25.2 Å². The van der Waals surface area contributed by atoms with Crippen molar-refractivity contribution in [3.05, 3.63) is 27.7 Å². The molecule has 0 atom stereocenters. The van der Waals surface area contributed by atoms with Gasteiger partial charge < -0.3 is 5.11 Å². The summed E-state index contributed by atoms with van der Waals surface area (Å²) < 4.78 is 78.1. The molecule has 150 valence electrons. The lowest BCUT2D eigenvalue weighted by Gasteiger charge is -2.30. The van der Waals surface area contributed by atoms with Crippen molar-refractivity contribution in [3.8, 4) is 0 Å². The number of amides is 1. The Morgan fingerprint density at radius 2 is 1.78 bits per heavy atom. The average Bonchev–Trinajstić information content (AvgIpc) is 3.20. The fraction of sp³-hybridized carbons (Fsp3) is 0.500. The number of nitrogens with zero attached hydrogens (tertiary/aromatic N) is 3. The van der Waals surface area contributed by atoms with Gasteiger partial charge in [-0.3, -0.25) is 9.69 Å². The van der Waals surface area contributed by atoms with E-state index in [9.17, 15) is 36.2 Å². The minimum atomic E-state index is -6.02. The second-order valence-electron chi connectivity index (χ2n) is 5.72. The lowest BCUT2D eigenvalue weighted by Crippen LogP contribution is -2.53. The van der Waals surface area contributed by atoms with Crippen LogP contribution in [0.15, 0.2) is 17.8 Å². The maximum atomic E-state index is 13.0. The van der Waals surface area contributed by atoms with E-state index >= 15 is 0 Å². The van der Waals surface area contributed by atoms with Gasteiger partial charge in [0, 0.05) is 23.7 Å². The van der Waals surface area contributed by atoms with E-state index in [0.29, 0.717) is 5.01 Å².